The van der Waals surface area contributed by atoms with Gasteiger partial charge >= 0.3 is 0 Å². The number of nitrogens with one attached hydrogen (secondary N) is 6. The minimum absolute atomic E-state index is 0.0000541. The molecule has 1 heterocycles. The third-order valence-electron chi connectivity index (χ3n) is 10.3. The molecule has 0 fully saturated rings. The number of aromatic amines is 6. The van der Waals surface area contributed by atoms with E-state index in [-0.39, 0.29) is 99.9 Å². The van der Waals surface area contributed by atoms with Crippen molar-refractivity contribution < 1.29 is 28.4 Å². The van der Waals surface area contributed by atoms with Gasteiger partial charge in [0.15, 0.2) is 34.5 Å². The van der Waals surface area contributed by atoms with E-state index in [0.29, 0.717) is 0 Å². The highest BCUT2D eigenvalue weighted by Gasteiger charge is 2.12. The van der Waals surface area contributed by atoms with Crippen LogP contribution in [0.2, 0.25) is 0 Å². The predicted molar refractivity (Wildman–Crippen MR) is 254 cm³/mol. The first-order chi connectivity index (χ1) is 32.0. The first-order valence-electron chi connectivity index (χ1n) is 19.9. The number of hydrogen-bond acceptors (Lipinski definition) is 12. The molecule has 0 aliphatic carbocycles. The number of fused-ring (bicyclic) bond motifs is 12. The summed E-state index contributed by atoms with van der Waals surface area (Å²) in [7, 11) is 7.95. The summed E-state index contributed by atoms with van der Waals surface area (Å²) in [5.41, 5.74) is -3.38. The molecule has 0 saturated heterocycles. The van der Waals surface area contributed by atoms with Gasteiger partial charge in [0.25, 0.3) is 33.4 Å². The molecular weight excluding hydrogens is 853 g/mol. The van der Waals surface area contributed by atoms with Gasteiger partial charge in [0.05, 0.1) is 108 Å². The molecule has 336 valence electrons. The average Bonchev–Trinajstić information content (AvgIpc) is 3.32. The largest absolute Gasteiger partial charge is 0.494 e. The second kappa shape index (κ2) is 19.5. The van der Waals surface area contributed by atoms with E-state index in [0.717, 1.165) is 0 Å². The summed E-state index contributed by atoms with van der Waals surface area (Å²) in [6.45, 7) is 0. The Kier molecular flexibility index (Phi) is 13.3. The van der Waals surface area contributed by atoms with Gasteiger partial charge in [0.1, 0.15) is 0 Å². The lowest BCUT2D eigenvalue weighted by Crippen LogP contribution is -2.10. The summed E-state index contributed by atoms with van der Waals surface area (Å²) in [5.74, 6) is 0.000325. The molecule has 66 heavy (non-hydrogen) atoms. The fourth-order valence-electron chi connectivity index (χ4n) is 7.34. The highest BCUT2D eigenvalue weighted by molar-refractivity contribution is 5.84. The van der Waals surface area contributed by atoms with Gasteiger partial charge in [-0.1, -0.05) is 36.4 Å². The van der Waals surface area contributed by atoms with Crippen LogP contribution in [-0.4, -0.2) is 72.6 Å². The molecule has 0 aliphatic rings. The van der Waals surface area contributed by atoms with E-state index in [2.05, 4.69) is 29.9 Å². The monoisotopic (exact) mass is 894 g/mol. The number of H-pyrrole nitrogens is 6. The Morgan fingerprint density at radius 3 is 0.500 bits per heavy atom. The lowest BCUT2D eigenvalue weighted by molar-refractivity contribution is 0.421. The standard InChI is InChI=1S/C48H42N6O12/c1-61-37-25-13-7-19-31(37)49-44(56)26-14-8-21-33(38(26)62-2)51-46(58)28-16-10-23-35(40(28)64-4)53-48(60)30-18-12-24-36(42(30)66-6)54-47(59)29-17-11-22-34(41(29)65-5)52-45(57)27-15-9-20-32(39(27)63-3)50-43(25)55/h7-24H,1-6H3,(H,49,56)(H,50,55)(H,51,58)(H,52,57)(H,53,60)(H,54,59). The van der Waals surface area contributed by atoms with Crippen molar-refractivity contribution in [1.29, 1.82) is 0 Å². The molecule has 0 atom stereocenters. The number of aromatic nitrogens is 6. The third kappa shape index (κ3) is 8.78. The normalized spacial score (nSPS) is 10.6. The Labute approximate surface area is 371 Å². The van der Waals surface area contributed by atoms with Crippen LogP contribution in [-0.2, 0) is 0 Å². The Bertz CT molecular complexity index is 3150. The number of para-hydroxylation sites is 6. The van der Waals surface area contributed by atoms with E-state index in [9.17, 15) is 28.8 Å². The first-order valence-corrected chi connectivity index (χ1v) is 19.9. The zero-order chi connectivity index (χ0) is 47.1. The second-order valence-corrected chi connectivity index (χ2v) is 14.0. The van der Waals surface area contributed by atoms with E-state index >= 15 is 0 Å². The maximum atomic E-state index is 14.0. The maximum Gasteiger partial charge on any atom is 0.259 e. The lowest BCUT2D eigenvalue weighted by Gasteiger charge is -2.06. The topological polar surface area (TPSA) is 253 Å². The molecular formula is C48H42N6O12. The zero-order valence-corrected chi connectivity index (χ0v) is 36.3. The van der Waals surface area contributed by atoms with Crippen molar-refractivity contribution in [2.75, 3.05) is 42.7 Å². The summed E-state index contributed by atoms with van der Waals surface area (Å²) >= 11 is 0. The number of ether oxygens (including phenoxy) is 6. The number of hydrogen-bond donors (Lipinski definition) is 6. The molecule has 18 heteroatoms. The SMILES string of the molecule is COc1c2cccc1c(=O)[nH]c1cccc(c1OC)c(=O)[nH]c1cccc(c1OC)c(=O)[nH]c1cccc(c1OC)c(=O)[nH]c1cccc(c1OC)c(=O)[nH]c1cccc(c1OC)c(=O)[nH]2. The van der Waals surface area contributed by atoms with Crippen LogP contribution in [0.1, 0.15) is 0 Å². The zero-order valence-electron chi connectivity index (χ0n) is 36.3. The third-order valence-corrected chi connectivity index (χ3v) is 10.3. The number of benzene rings is 6. The average molecular weight is 895 g/mol. The molecule has 6 N–H and O–H groups in total. The number of rotatable bonds is 6. The van der Waals surface area contributed by atoms with Crippen molar-refractivity contribution in [3.8, 4) is 34.5 Å². The Balaban J connectivity index is 1.69. The Hall–Kier alpha value is -9.06. The van der Waals surface area contributed by atoms with Gasteiger partial charge in [-0.2, -0.15) is 0 Å². The fraction of sp³-hybridized carbons (Fsp3) is 0.125. The summed E-state index contributed by atoms with van der Waals surface area (Å²) in [5, 5.41) is 0.0633. The van der Waals surface area contributed by atoms with Gasteiger partial charge in [-0.15, -0.1) is 0 Å². The fourth-order valence-corrected chi connectivity index (χ4v) is 7.34. The van der Waals surface area contributed by atoms with Gasteiger partial charge in [0.2, 0.25) is 0 Å². The molecule has 0 aliphatic heterocycles. The summed E-state index contributed by atoms with van der Waals surface area (Å²) in [6.07, 6.45) is 0. The Morgan fingerprint density at radius 1 is 0.242 bits per heavy atom. The molecule has 0 amide bonds. The molecule has 0 radical (unpaired) electrons. The van der Waals surface area contributed by atoms with Crippen LogP contribution in [0.15, 0.2) is 138 Å². The van der Waals surface area contributed by atoms with Crippen LogP contribution >= 0.6 is 0 Å². The molecule has 7 rings (SSSR count). The summed E-state index contributed by atoms with van der Waals surface area (Å²) < 4.78 is 33.8. The van der Waals surface area contributed by atoms with Crippen molar-refractivity contribution in [3.05, 3.63) is 171 Å². The van der Waals surface area contributed by atoms with Crippen LogP contribution in [0.25, 0.3) is 65.4 Å². The van der Waals surface area contributed by atoms with Crippen LogP contribution < -0.4 is 61.8 Å². The maximum absolute atomic E-state index is 14.0. The van der Waals surface area contributed by atoms with Gasteiger partial charge in [0, 0.05) is 0 Å². The minimum Gasteiger partial charge on any atom is -0.494 e. The first kappa shape index (κ1) is 45.0. The number of methoxy groups -OCH3 is 6. The highest BCUT2D eigenvalue weighted by atomic mass is 16.5. The second-order valence-electron chi connectivity index (χ2n) is 14.0. The van der Waals surface area contributed by atoms with Crippen LogP contribution in [0.3, 0.4) is 0 Å². The van der Waals surface area contributed by atoms with E-state index in [1.54, 1.807) is 0 Å². The molecule has 1 aromatic heterocycles. The quantitative estimate of drug-likeness (QED) is 0.115. The van der Waals surface area contributed by atoms with Crippen molar-refractivity contribution >= 4 is 65.4 Å². The summed E-state index contributed by atoms with van der Waals surface area (Å²) in [4.78, 5) is 100. The van der Waals surface area contributed by atoms with Crippen LogP contribution in [0.5, 0.6) is 34.5 Å². The van der Waals surface area contributed by atoms with Crippen molar-refractivity contribution in [2.45, 2.75) is 0 Å². The van der Waals surface area contributed by atoms with Crippen LogP contribution in [0.4, 0.5) is 0 Å². The van der Waals surface area contributed by atoms with Gasteiger partial charge in [-0.3, -0.25) is 28.8 Å². The lowest BCUT2D eigenvalue weighted by atomic mass is 10.2. The van der Waals surface area contributed by atoms with E-state index < -0.39 is 33.4 Å². The van der Waals surface area contributed by atoms with Gasteiger partial charge in [-0.25, -0.2) is 0 Å². The smallest absolute Gasteiger partial charge is 0.259 e. The van der Waals surface area contributed by atoms with Crippen molar-refractivity contribution in [1.82, 2.24) is 29.9 Å². The molecule has 0 unspecified atom stereocenters. The van der Waals surface area contributed by atoms with E-state index in [1.807, 2.05) is 0 Å². The highest BCUT2D eigenvalue weighted by Crippen LogP contribution is 2.27. The summed E-state index contributed by atoms with van der Waals surface area (Å²) in [6, 6.07) is 27.2. The van der Waals surface area contributed by atoms with Crippen LogP contribution in [0, 0.1) is 0 Å². The predicted octanol–water partition coefficient (Wildman–Crippen LogP) is 5.85. The molecule has 0 saturated carbocycles. The van der Waals surface area contributed by atoms with E-state index in [4.69, 9.17) is 28.4 Å². The van der Waals surface area contributed by atoms with Gasteiger partial charge < -0.3 is 58.3 Å². The molecule has 12 bridgehead atoms. The molecule has 6 aromatic carbocycles. The molecule has 18 nitrogen and oxygen atoms in total. The van der Waals surface area contributed by atoms with Crippen molar-refractivity contribution in [2.24, 2.45) is 0 Å². The van der Waals surface area contributed by atoms with Gasteiger partial charge in [-0.05, 0) is 72.8 Å². The van der Waals surface area contributed by atoms with E-state index in [1.165, 1.54) is 152 Å². The Morgan fingerprint density at radius 2 is 0.379 bits per heavy atom. The van der Waals surface area contributed by atoms with Crippen molar-refractivity contribution in [3.63, 3.8) is 0 Å². The molecule has 0 spiro atoms. The minimum atomic E-state index is -0.678. The molecule has 7 aromatic rings.